The van der Waals surface area contributed by atoms with Gasteiger partial charge >= 0.3 is 0 Å². The highest BCUT2D eigenvalue weighted by molar-refractivity contribution is 5.79. The number of primary amides is 1. The van der Waals surface area contributed by atoms with Gasteiger partial charge in [0, 0.05) is 32.6 Å². The molecular formula is C17H23N3O3. The van der Waals surface area contributed by atoms with E-state index < -0.39 is 0 Å². The van der Waals surface area contributed by atoms with Crippen molar-refractivity contribution in [3.8, 4) is 5.75 Å². The molecule has 0 unspecified atom stereocenters. The van der Waals surface area contributed by atoms with Crippen molar-refractivity contribution in [2.24, 2.45) is 5.73 Å². The van der Waals surface area contributed by atoms with Crippen molar-refractivity contribution in [3.05, 3.63) is 29.3 Å². The van der Waals surface area contributed by atoms with Crippen LogP contribution in [0.15, 0.2) is 18.2 Å². The summed E-state index contributed by atoms with van der Waals surface area (Å²) < 4.78 is 5.50. The molecular weight excluding hydrogens is 294 g/mol. The smallest absolute Gasteiger partial charge is 0.231 e. The molecule has 1 fully saturated rings. The van der Waals surface area contributed by atoms with Crippen LogP contribution in [0.1, 0.15) is 17.5 Å². The van der Waals surface area contributed by atoms with Gasteiger partial charge in [-0.2, -0.15) is 0 Å². The molecule has 1 aromatic carbocycles. The quantitative estimate of drug-likeness (QED) is 0.860. The van der Waals surface area contributed by atoms with Gasteiger partial charge in [0.25, 0.3) is 0 Å². The second-order valence-corrected chi connectivity index (χ2v) is 6.19. The molecule has 6 nitrogen and oxygen atoms in total. The average molecular weight is 317 g/mol. The Balaban J connectivity index is 1.57. The second-order valence-electron chi connectivity index (χ2n) is 6.19. The fourth-order valence-corrected chi connectivity index (χ4v) is 3.24. The van der Waals surface area contributed by atoms with Crippen molar-refractivity contribution >= 4 is 11.8 Å². The molecule has 0 atom stereocenters. The van der Waals surface area contributed by atoms with Crippen molar-refractivity contribution < 1.29 is 14.3 Å². The first-order valence-electron chi connectivity index (χ1n) is 8.15. The lowest BCUT2D eigenvalue weighted by Crippen LogP contribution is -2.38. The molecule has 1 aromatic rings. The zero-order valence-corrected chi connectivity index (χ0v) is 13.3. The molecule has 6 heteroatoms. The van der Waals surface area contributed by atoms with E-state index in [2.05, 4.69) is 6.07 Å². The van der Waals surface area contributed by atoms with Gasteiger partial charge in [0.05, 0.1) is 19.6 Å². The van der Waals surface area contributed by atoms with E-state index in [-0.39, 0.29) is 18.4 Å². The Hall–Kier alpha value is -2.08. The van der Waals surface area contributed by atoms with Crippen molar-refractivity contribution in [1.29, 1.82) is 0 Å². The van der Waals surface area contributed by atoms with Crippen LogP contribution in [-0.4, -0.2) is 60.9 Å². The Bertz CT molecular complexity index is 603. The number of amides is 2. The summed E-state index contributed by atoms with van der Waals surface area (Å²) in [5.41, 5.74) is 7.48. The first kappa shape index (κ1) is 15.8. The molecule has 2 aliphatic heterocycles. The van der Waals surface area contributed by atoms with Crippen LogP contribution in [0.4, 0.5) is 0 Å². The number of hydrogen-bond donors (Lipinski definition) is 1. The van der Waals surface area contributed by atoms with Crippen LogP contribution in [-0.2, 0) is 22.4 Å². The fourth-order valence-electron chi connectivity index (χ4n) is 3.24. The molecule has 0 aliphatic carbocycles. The summed E-state index contributed by atoms with van der Waals surface area (Å²) in [5.74, 6) is 0.771. The van der Waals surface area contributed by atoms with Crippen LogP contribution in [0.2, 0.25) is 0 Å². The summed E-state index contributed by atoms with van der Waals surface area (Å²) >= 11 is 0. The molecule has 3 rings (SSSR count). The summed E-state index contributed by atoms with van der Waals surface area (Å²) in [7, 11) is 0. The van der Waals surface area contributed by atoms with Gasteiger partial charge in [-0.05, 0) is 23.6 Å². The summed E-state index contributed by atoms with van der Waals surface area (Å²) in [6.45, 7) is 3.90. The molecule has 0 radical (unpaired) electrons. The number of ether oxygens (including phenoxy) is 1. The SMILES string of the molecule is NC(=O)CN1CCCN(C(=O)Cc2ccc3c(c2)CCO3)CC1. The molecule has 1 saturated heterocycles. The minimum atomic E-state index is -0.315. The fraction of sp³-hybridized carbons (Fsp3) is 0.529. The van der Waals surface area contributed by atoms with E-state index in [4.69, 9.17) is 10.5 Å². The monoisotopic (exact) mass is 317 g/mol. The van der Waals surface area contributed by atoms with Gasteiger partial charge in [-0.15, -0.1) is 0 Å². The molecule has 2 heterocycles. The van der Waals surface area contributed by atoms with Crippen LogP contribution < -0.4 is 10.5 Å². The molecule has 0 aromatic heterocycles. The molecule has 0 bridgehead atoms. The van der Waals surface area contributed by atoms with Gasteiger partial charge in [-0.3, -0.25) is 14.5 Å². The largest absolute Gasteiger partial charge is 0.493 e. The topological polar surface area (TPSA) is 75.9 Å². The Morgan fingerprint density at radius 2 is 2.04 bits per heavy atom. The first-order chi connectivity index (χ1) is 11.1. The van der Waals surface area contributed by atoms with Crippen molar-refractivity contribution in [3.63, 3.8) is 0 Å². The number of nitrogens with zero attached hydrogens (tertiary/aromatic N) is 2. The Labute approximate surface area is 136 Å². The number of nitrogens with two attached hydrogens (primary N) is 1. The molecule has 23 heavy (non-hydrogen) atoms. The van der Waals surface area contributed by atoms with Crippen LogP contribution in [0.25, 0.3) is 0 Å². The van der Waals surface area contributed by atoms with E-state index in [0.29, 0.717) is 19.5 Å². The van der Waals surface area contributed by atoms with Crippen molar-refractivity contribution in [2.45, 2.75) is 19.3 Å². The predicted molar refractivity (Wildman–Crippen MR) is 86.2 cm³/mol. The Morgan fingerprint density at radius 1 is 1.17 bits per heavy atom. The first-order valence-corrected chi connectivity index (χ1v) is 8.15. The van der Waals surface area contributed by atoms with Crippen molar-refractivity contribution in [1.82, 2.24) is 9.80 Å². The number of fused-ring (bicyclic) bond motifs is 1. The Kier molecular flexibility index (Phi) is 4.81. The van der Waals surface area contributed by atoms with E-state index in [1.54, 1.807) is 0 Å². The van der Waals surface area contributed by atoms with Crippen LogP contribution in [0.5, 0.6) is 5.75 Å². The van der Waals surface area contributed by atoms with Gasteiger partial charge in [0.2, 0.25) is 11.8 Å². The predicted octanol–water partition coefficient (Wildman–Crippen LogP) is 0.184. The summed E-state index contributed by atoms with van der Waals surface area (Å²) in [6.07, 6.45) is 2.21. The van der Waals surface area contributed by atoms with E-state index in [1.165, 1.54) is 5.56 Å². The lowest BCUT2D eigenvalue weighted by Gasteiger charge is -2.21. The van der Waals surface area contributed by atoms with E-state index in [1.807, 2.05) is 21.9 Å². The normalized spacial score (nSPS) is 18.2. The molecule has 2 N–H and O–H groups in total. The van der Waals surface area contributed by atoms with Crippen LogP contribution in [0, 0.1) is 0 Å². The number of carbonyl (C=O) groups excluding carboxylic acids is 2. The molecule has 0 saturated carbocycles. The third-order valence-electron chi connectivity index (χ3n) is 4.43. The zero-order valence-electron chi connectivity index (χ0n) is 13.3. The van der Waals surface area contributed by atoms with Gasteiger partial charge in [0.1, 0.15) is 5.75 Å². The highest BCUT2D eigenvalue weighted by Crippen LogP contribution is 2.26. The second kappa shape index (κ2) is 7.00. The molecule has 2 amide bonds. The van der Waals surface area contributed by atoms with Gasteiger partial charge in [-0.1, -0.05) is 12.1 Å². The van der Waals surface area contributed by atoms with Gasteiger partial charge in [0.15, 0.2) is 0 Å². The number of benzene rings is 1. The summed E-state index contributed by atoms with van der Waals surface area (Å²) in [5, 5.41) is 0. The minimum absolute atomic E-state index is 0.143. The average Bonchev–Trinajstić information content (AvgIpc) is 2.85. The van der Waals surface area contributed by atoms with Gasteiger partial charge < -0.3 is 15.4 Å². The minimum Gasteiger partial charge on any atom is -0.493 e. The maximum absolute atomic E-state index is 12.5. The Morgan fingerprint density at radius 3 is 2.87 bits per heavy atom. The third-order valence-corrected chi connectivity index (χ3v) is 4.43. The molecule has 0 spiro atoms. The summed E-state index contributed by atoms with van der Waals surface area (Å²) in [4.78, 5) is 27.5. The third kappa shape index (κ3) is 4.01. The number of hydrogen-bond acceptors (Lipinski definition) is 4. The maximum Gasteiger partial charge on any atom is 0.231 e. The zero-order chi connectivity index (χ0) is 16.2. The lowest BCUT2D eigenvalue weighted by molar-refractivity contribution is -0.130. The van der Waals surface area contributed by atoms with Crippen molar-refractivity contribution in [2.75, 3.05) is 39.3 Å². The summed E-state index contributed by atoms with van der Waals surface area (Å²) in [6, 6.07) is 6.01. The van der Waals surface area contributed by atoms with E-state index in [9.17, 15) is 9.59 Å². The van der Waals surface area contributed by atoms with E-state index in [0.717, 1.165) is 43.9 Å². The standard InChI is InChI=1S/C17H23N3O3/c18-16(21)12-19-5-1-6-20(8-7-19)17(22)11-13-2-3-15-14(10-13)4-9-23-15/h2-3,10H,1,4-9,11-12H2,(H2,18,21). The number of carbonyl (C=O) groups is 2. The molecule has 124 valence electrons. The van der Waals surface area contributed by atoms with Crippen LogP contribution in [0.3, 0.4) is 0 Å². The highest BCUT2D eigenvalue weighted by Gasteiger charge is 2.21. The molecule has 2 aliphatic rings. The maximum atomic E-state index is 12.5. The van der Waals surface area contributed by atoms with Crippen LogP contribution >= 0.6 is 0 Å². The lowest BCUT2D eigenvalue weighted by atomic mass is 10.1. The van der Waals surface area contributed by atoms with Gasteiger partial charge in [-0.25, -0.2) is 0 Å². The number of rotatable bonds is 4. The van der Waals surface area contributed by atoms with E-state index >= 15 is 0 Å². The highest BCUT2D eigenvalue weighted by atomic mass is 16.5.